The van der Waals surface area contributed by atoms with Crippen molar-refractivity contribution in [2.75, 3.05) is 37.6 Å². The molecule has 0 atom stereocenters. The molecule has 0 bridgehead atoms. The van der Waals surface area contributed by atoms with Gasteiger partial charge in [0.05, 0.1) is 6.54 Å². The third kappa shape index (κ3) is 3.27. The molecule has 9 heteroatoms. The van der Waals surface area contributed by atoms with Crippen molar-refractivity contribution in [3.63, 3.8) is 0 Å². The van der Waals surface area contributed by atoms with Crippen molar-refractivity contribution in [3.8, 4) is 6.07 Å². The van der Waals surface area contributed by atoms with Crippen molar-refractivity contribution >= 4 is 11.7 Å². The maximum atomic E-state index is 12.2. The van der Waals surface area contributed by atoms with Gasteiger partial charge in [0, 0.05) is 40.3 Å². The number of anilines is 1. The summed E-state index contributed by atoms with van der Waals surface area (Å²) in [5.41, 5.74) is 4.11. The lowest BCUT2D eigenvalue weighted by molar-refractivity contribution is -0.119. The second-order valence-electron chi connectivity index (χ2n) is 5.60. The van der Waals surface area contributed by atoms with Crippen LogP contribution in [0.15, 0.2) is 9.59 Å². The highest BCUT2D eigenvalue weighted by Gasteiger charge is 2.23. The predicted molar refractivity (Wildman–Crippen MR) is 84.1 cm³/mol. The highest BCUT2D eigenvalue weighted by Crippen LogP contribution is 2.17. The Balaban J connectivity index is 2.40. The maximum absolute atomic E-state index is 12.2. The fourth-order valence-corrected chi connectivity index (χ4v) is 2.86. The molecule has 124 valence electrons. The first-order valence-corrected chi connectivity index (χ1v) is 7.32. The molecule has 0 saturated carbocycles. The van der Waals surface area contributed by atoms with E-state index in [9.17, 15) is 19.6 Å². The van der Waals surface area contributed by atoms with E-state index in [1.807, 2.05) is 15.9 Å². The van der Waals surface area contributed by atoms with E-state index in [0.29, 0.717) is 32.0 Å². The molecule has 0 aliphatic carbocycles. The lowest BCUT2D eigenvalue weighted by Gasteiger charge is -2.26. The van der Waals surface area contributed by atoms with Crippen LogP contribution in [0.1, 0.15) is 12.0 Å². The van der Waals surface area contributed by atoms with Crippen molar-refractivity contribution in [2.45, 2.75) is 6.42 Å². The van der Waals surface area contributed by atoms with E-state index in [1.165, 1.54) is 11.6 Å². The summed E-state index contributed by atoms with van der Waals surface area (Å²) in [6, 6.07) is 1.91. The quantitative estimate of drug-likeness (QED) is 0.685. The molecule has 0 radical (unpaired) electrons. The van der Waals surface area contributed by atoms with Crippen LogP contribution in [0.4, 0.5) is 5.82 Å². The van der Waals surface area contributed by atoms with E-state index >= 15 is 0 Å². The lowest BCUT2D eigenvalue weighted by atomic mass is 10.2. The number of amides is 1. The van der Waals surface area contributed by atoms with Crippen LogP contribution in [-0.2, 0) is 18.9 Å². The number of hydrogen-bond acceptors (Lipinski definition) is 6. The van der Waals surface area contributed by atoms with Crippen LogP contribution < -0.4 is 21.9 Å². The first-order valence-electron chi connectivity index (χ1n) is 7.32. The van der Waals surface area contributed by atoms with Crippen LogP contribution in [0.3, 0.4) is 0 Å². The van der Waals surface area contributed by atoms with Gasteiger partial charge in [-0.3, -0.25) is 23.6 Å². The zero-order chi connectivity index (χ0) is 17.1. The Morgan fingerprint density at radius 2 is 1.87 bits per heavy atom. The Bertz CT molecular complexity index is 772. The van der Waals surface area contributed by atoms with Gasteiger partial charge in [-0.05, 0) is 6.42 Å². The molecule has 1 aliphatic rings. The number of nitrogens with zero attached hydrogens (tertiary/aromatic N) is 5. The minimum absolute atomic E-state index is 0.0436. The van der Waals surface area contributed by atoms with Crippen LogP contribution in [0.2, 0.25) is 0 Å². The van der Waals surface area contributed by atoms with Gasteiger partial charge < -0.3 is 10.6 Å². The summed E-state index contributed by atoms with van der Waals surface area (Å²) in [4.78, 5) is 39.1. The molecule has 0 unspecified atom stereocenters. The standard InChI is InChI=1S/C14H20N6O3/c1-17-12(10(8-15)13(22)18(2)14(17)23)20-5-3-4-19(6-7-20)9-11(16)21/h3-7,9H2,1-2H3,(H2,16,21). The van der Waals surface area contributed by atoms with Crippen LogP contribution in [-0.4, -0.2) is 52.7 Å². The van der Waals surface area contributed by atoms with Gasteiger partial charge in [-0.1, -0.05) is 0 Å². The van der Waals surface area contributed by atoms with Gasteiger partial charge in [-0.25, -0.2) is 4.79 Å². The van der Waals surface area contributed by atoms with Gasteiger partial charge in [0.15, 0.2) is 5.56 Å². The second-order valence-corrected chi connectivity index (χ2v) is 5.60. The van der Waals surface area contributed by atoms with Crippen LogP contribution >= 0.6 is 0 Å². The highest BCUT2D eigenvalue weighted by atomic mass is 16.2. The Hall–Kier alpha value is -2.60. The first kappa shape index (κ1) is 16.8. The summed E-state index contributed by atoms with van der Waals surface area (Å²) in [7, 11) is 2.90. The van der Waals surface area contributed by atoms with Crippen molar-refractivity contribution in [3.05, 3.63) is 26.4 Å². The van der Waals surface area contributed by atoms with E-state index < -0.39 is 17.2 Å². The smallest absolute Gasteiger partial charge is 0.332 e. The third-order valence-corrected chi connectivity index (χ3v) is 4.01. The minimum atomic E-state index is -0.594. The number of nitrogens with two attached hydrogens (primary N) is 1. The SMILES string of the molecule is Cn1c(N2CCCN(CC(N)=O)CC2)c(C#N)c(=O)n(C)c1=O. The summed E-state index contributed by atoms with van der Waals surface area (Å²) < 4.78 is 2.25. The van der Waals surface area contributed by atoms with E-state index in [0.717, 1.165) is 11.0 Å². The fourth-order valence-electron chi connectivity index (χ4n) is 2.86. The number of aromatic nitrogens is 2. The number of rotatable bonds is 3. The van der Waals surface area contributed by atoms with Crippen molar-refractivity contribution < 1.29 is 4.79 Å². The molecule has 1 aromatic rings. The van der Waals surface area contributed by atoms with E-state index in [-0.39, 0.29) is 12.1 Å². The highest BCUT2D eigenvalue weighted by molar-refractivity contribution is 5.75. The van der Waals surface area contributed by atoms with E-state index in [2.05, 4.69) is 0 Å². The molecule has 1 fully saturated rings. The molecule has 2 N–H and O–H groups in total. The van der Waals surface area contributed by atoms with Gasteiger partial charge in [-0.2, -0.15) is 5.26 Å². The number of hydrogen-bond donors (Lipinski definition) is 1. The van der Waals surface area contributed by atoms with E-state index in [4.69, 9.17) is 5.73 Å². The normalized spacial score (nSPS) is 16.0. The van der Waals surface area contributed by atoms with Crippen molar-refractivity contribution in [1.29, 1.82) is 5.26 Å². The van der Waals surface area contributed by atoms with Crippen LogP contribution in [0.25, 0.3) is 0 Å². The Labute approximate surface area is 133 Å². The van der Waals surface area contributed by atoms with Gasteiger partial charge in [0.2, 0.25) is 5.91 Å². The zero-order valence-corrected chi connectivity index (χ0v) is 13.3. The summed E-state index contributed by atoms with van der Waals surface area (Å²) in [5.74, 6) is -0.0568. The molecule has 1 aromatic heterocycles. The van der Waals surface area contributed by atoms with E-state index in [1.54, 1.807) is 7.05 Å². The van der Waals surface area contributed by atoms with Gasteiger partial charge in [0.25, 0.3) is 5.56 Å². The molecule has 0 spiro atoms. The van der Waals surface area contributed by atoms with Gasteiger partial charge in [-0.15, -0.1) is 0 Å². The first-order chi connectivity index (χ1) is 10.9. The van der Waals surface area contributed by atoms with Crippen molar-refractivity contribution in [1.82, 2.24) is 14.0 Å². The molecule has 1 aliphatic heterocycles. The average Bonchev–Trinajstić information content (AvgIpc) is 2.73. The predicted octanol–water partition coefficient (Wildman–Crippen LogP) is -2.05. The van der Waals surface area contributed by atoms with Gasteiger partial charge >= 0.3 is 5.69 Å². The number of carbonyl (C=O) groups excluding carboxylic acids is 1. The molecule has 1 saturated heterocycles. The Kier molecular flexibility index (Phi) is 4.86. The number of nitriles is 1. The second kappa shape index (κ2) is 6.66. The molecular formula is C14H20N6O3. The summed E-state index contributed by atoms with van der Waals surface area (Å²) in [6.07, 6.45) is 0.738. The molecule has 2 heterocycles. The minimum Gasteiger partial charge on any atom is -0.369 e. The number of primary amides is 1. The molecule has 23 heavy (non-hydrogen) atoms. The Morgan fingerprint density at radius 3 is 2.48 bits per heavy atom. The average molecular weight is 320 g/mol. The van der Waals surface area contributed by atoms with Crippen LogP contribution in [0.5, 0.6) is 0 Å². The summed E-state index contributed by atoms with van der Waals surface area (Å²) in [5, 5.41) is 9.33. The summed E-state index contributed by atoms with van der Waals surface area (Å²) in [6.45, 7) is 2.53. The lowest BCUT2D eigenvalue weighted by Crippen LogP contribution is -2.43. The zero-order valence-electron chi connectivity index (χ0n) is 13.3. The molecule has 0 aromatic carbocycles. The topological polar surface area (TPSA) is 117 Å². The summed E-state index contributed by atoms with van der Waals surface area (Å²) >= 11 is 0. The molecule has 9 nitrogen and oxygen atoms in total. The van der Waals surface area contributed by atoms with Crippen molar-refractivity contribution in [2.24, 2.45) is 19.8 Å². The third-order valence-electron chi connectivity index (χ3n) is 4.01. The van der Waals surface area contributed by atoms with Crippen LogP contribution in [0, 0.1) is 11.3 Å². The molecular weight excluding hydrogens is 300 g/mol. The molecule has 2 rings (SSSR count). The number of carbonyl (C=O) groups is 1. The Morgan fingerprint density at radius 1 is 1.17 bits per heavy atom. The van der Waals surface area contributed by atoms with Gasteiger partial charge in [0.1, 0.15) is 11.9 Å². The molecule has 1 amide bonds. The largest absolute Gasteiger partial charge is 0.369 e. The maximum Gasteiger partial charge on any atom is 0.332 e. The fraction of sp³-hybridized carbons (Fsp3) is 0.571. The monoisotopic (exact) mass is 320 g/mol.